The topological polar surface area (TPSA) is 61.0 Å². The van der Waals surface area contributed by atoms with Gasteiger partial charge in [-0.2, -0.15) is 5.10 Å². The molecule has 0 N–H and O–H groups in total. The standard InChI is InChI=1S/C10H6Cl2FN3O2/c1-5-9(16(17)18)10(12)15(14-5)6-2-3-7(11)8(13)4-6/h2-4H,1H3. The Kier molecular flexibility index (Phi) is 3.23. The van der Waals surface area contributed by atoms with E-state index in [9.17, 15) is 14.5 Å². The van der Waals surface area contributed by atoms with E-state index in [1.807, 2.05) is 0 Å². The molecule has 0 radical (unpaired) electrons. The van der Waals surface area contributed by atoms with Crippen LogP contribution in [0.5, 0.6) is 0 Å². The van der Waals surface area contributed by atoms with Gasteiger partial charge in [-0.3, -0.25) is 10.1 Å². The van der Waals surface area contributed by atoms with E-state index in [4.69, 9.17) is 23.2 Å². The monoisotopic (exact) mass is 289 g/mol. The lowest BCUT2D eigenvalue weighted by molar-refractivity contribution is -0.385. The lowest BCUT2D eigenvalue weighted by Crippen LogP contribution is -1.97. The number of aryl methyl sites for hydroxylation is 1. The maximum Gasteiger partial charge on any atom is 0.329 e. The zero-order valence-electron chi connectivity index (χ0n) is 9.02. The predicted octanol–water partition coefficient (Wildman–Crippen LogP) is 3.53. The molecule has 2 aromatic rings. The van der Waals surface area contributed by atoms with E-state index in [2.05, 4.69) is 5.10 Å². The van der Waals surface area contributed by atoms with Crippen LogP contribution in [-0.4, -0.2) is 14.7 Å². The Morgan fingerprint density at radius 2 is 2.11 bits per heavy atom. The molecular weight excluding hydrogens is 284 g/mol. The molecule has 0 atom stereocenters. The molecule has 0 aliphatic rings. The van der Waals surface area contributed by atoms with Gasteiger partial charge in [-0.25, -0.2) is 9.07 Å². The van der Waals surface area contributed by atoms with Gasteiger partial charge >= 0.3 is 5.69 Å². The smallest absolute Gasteiger partial charge is 0.258 e. The van der Waals surface area contributed by atoms with E-state index in [0.717, 1.165) is 10.7 Å². The van der Waals surface area contributed by atoms with Crippen molar-refractivity contribution in [1.29, 1.82) is 0 Å². The number of nitrogens with zero attached hydrogens (tertiary/aromatic N) is 3. The van der Waals surface area contributed by atoms with Gasteiger partial charge in [0.05, 0.1) is 15.6 Å². The molecule has 5 nitrogen and oxygen atoms in total. The van der Waals surface area contributed by atoms with Gasteiger partial charge in [0, 0.05) is 6.07 Å². The average molecular weight is 290 g/mol. The summed E-state index contributed by atoms with van der Waals surface area (Å²) in [7, 11) is 0. The number of aromatic nitrogens is 2. The summed E-state index contributed by atoms with van der Waals surface area (Å²) < 4.78 is 14.4. The van der Waals surface area contributed by atoms with Gasteiger partial charge in [0.15, 0.2) is 0 Å². The molecule has 0 amide bonds. The highest BCUT2D eigenvalue weighted by Gasteiger charge is 2.24. The van der Waals surface area contributed by atoms with E-state index in [-0.39, 0.29) is 27.2 Å². The molecule has 0 aliphatic heterocycles. The molecule has 1 heterocycles. The second kappa shape index (κ2) is 4.55. The molecule has 18 heavy (non-hydrogen) atoms. The molecule has 0 fully saturated rings. The minimum absolute atomic E-state index is 0.0479. The van der Waals surface area contributed by atoms with Crippen LogP contribution in [0.15, 0.2) is 18.2 Å². The van der Waals surface area contributed by atoms with Crippen molar-refractivity contribution >= 4 is 28.9 Å². The third kappa shape index (κ3) is 2.04. The summed E-state index contributed by atoms with van der Waals surface area (Å²) in [5, 5.41) is 14.5. The summed E-state index contributed by atoms with van der Waals surface area (Å²) in [5.74, 6) is -0.652. The highest BCUT2D eigenvalue weighted by atomic mass is 35.5. The van der Waals surface area contributed by atoms with E-state index < -0.39 is 10.7 Å². The first-order chi connectivity index (χ1) is 8.41. The van der Waals surface area contributed by atoms with Gasteiger partial charge in [0.2, 0.25) is 5.15 Å². The number of halogens is 3. The molecule has 1 aromatic carbocycles. The van der Waals surface area contributed by atoms with Crippen LogP contribution in [0, 0.1) is 22.9 Å². The predicted molar refractivity (Wildman–Crippen MR) is 64.9 cm³/mol. The summed E-state index contributed by atoms with van der Waals surface area (Å²) in [4.78, 5) is 10.1. The first-order valence-electron chi connectivity index (χ1n) is 4.76. The fourth-order valence-electron chi connectivity index (χ4n) is 1.49. The first-order valence-corrected chi connectivity index (χ1v) is 5.52. The van der Waals surface area contributed by atoms with Crippen LogP contribution in [0.2, 0.25) is 10.2 Å². The van der Waals surface area contributed by atoms with Crippen LogP contribution >= 0.6 is 23.2 Å². The molecule has 0 spiro atoms. The van der Waals surface area contributed by atoms with Gasteiger partial charge in [-0.05, 0) is 19.1 Å². The molecule has 94 valence electrons. The fraction of sp³-hybridized carbons (Fsp3) is 0.100. The number of benzene rings is 1. The van der Waals surface area contributed by atoms with Crippen LogP contribution in [0.25, 0.3) is 5.69 Å². The van der Waals surface area contributed by atoms with Crippen molar-refractivity contribution in [3.05, 3.63) is 50.0 Å². The Labute approximate surface area is 111 Å². The van der Waals surface area contributed by atoms with Crippen molar-refractivity contribution < 1.29 is 9.31 Å². The van der Waals surface area contributed by atoms with Crippen LogP contribution in [-0.2, 0) is 0 Å². The third-order valence-electron chi connectivity index (χ3n) is 2.30. The Bertz CT molecular complexity index is 642. The van der Waals surface area contributed by atoms with Crippen molar-refractivity contribution in [1.82, 2.24) is 9.78 Å². The summed E-state index contributed by atoms with van der Waals surface area (Å²) in [6, 6.07) is 3.89. The second-order valence-electron chi connectivity index (χ2n) is 3.49. The number of nitro groups is 1. The van der Waals surface area contributed by atoms with Crippen LogP contribution in [0.4, 0.5) is 10.1 Å². The van der Waals surface area contributed by atoms with Crippen LogP contribution < -0.4 is 0 Å². The zero-order chi connectivity index (χ0) is 13.4. The van der Waals surface area contributed by atoms with Gasteiger partial charge in [-0.15, -0.1) is 0 Å². The minimum Gasteiger partial charge on any atom is -0.258 e. The van der Waals surface area contributed by atoms with Crippen molar-refractivity contribution in [3.63, 3.8) is 0 Å². The molecular formula is C10H6Cl2FN3O2. The van der Waals surface area contributed by atoms with E-state index in [0.29, 0.717) is 0 Å². The fourth-order valence-corrected chi connectivity index (χ4v) is 1.94. The van der Waals surface area contributed by atoms with Crippen LogP contribution in [0.3, 0.4) is 0 Å². The van der Waals surface area contributed by atoms with Gasteiger partial charge in [0.1, 0.15) is 11.5 Å². The highest BCUT2D eigenvalue weighted by molar-refractivity contribution is 6.32. The van der Waals surface area contributed by atoms with Crippen molar-refractivity contribution in [2.45, 2.75) is 6.92 Å². The molecule has 1 aromatic heterocycles. The van der Waals surface area contributed by atoms with Crippen molar-refractivity contribution in [2.24, 2.45) is 0 Å². The van der Waals surface area contributed by atoms with E-state index >= 15 is 0 Å². The molecule has 0 saturated carbocycles. The number of hydrogen-bond donors (Lipinski definition) is 0. The first kappa shape index (κ1) is 12.8. The summed E-state index contributed by atoms with van der Waals surface area (Å²) in [6.07, 6.45) is 0. The largest absolute Gasteiger partial charge is 0.329 e. The molecule has 0 bridgehead atoms. The normalized spacial score (nSPS) is 10.7. The maximum atomic E-state index is 13.3. The minimum atomic E-state index is -0.652. The zero-order valence-corrected chi connectivity index (χ0v) is 10.5. The Hall–Kier alpha value is -1.66. The second-order valence-corrected chi connectivity index (χ2v) is 4.26. The Morgan fingerprint density at radius 1 is 1.44 bits per heavy atom. The Balaban J connectivity index is 2.61. The lowest BCUT2D eigenvalue weighted by atomic mass is 10.3. The SMILES string of the molecule is Cc1nn(-c2ccc(Cl)c(F)c2)c(Cl)c1[N+](=O)[O-]. The molecule has 0 aliphatic carbocycles. The van der Waals surface area contributed by atoms with Crippen molar-refractivity contribution in [2.75, 3.05) is 0 Å². The van der Waals surface area contributed by atoms with Gasteiger partial charge in [-0.1, -0.05) is 23.2 Å². The summed E-state index contributed by atoms with van der Waals surface area (Å²) in [5.41, 5.74) is 0.116. The number of rotatable bonds is 2. The molecule has 0 unspecified atom stereocenters. The van der Waals surface area contributed by atoms with E-state index in [1.54, 1.807) is 0 Å². The van der Waals surface area contributed by atoms with E-state index in [1.165, 1.54) is 19.1 Å². The van der Waals surface area contributed by atoms with Gasteiger partial charge in [0.25, 0.3) is 0 Å². The maximum absolute atomic E-state index is 13.3. The summed E-state index contributed by atoms with van der Waals surface area (Å²) in [6.45, 7) is 1.45. The lowest BCUT2D eigenvalue weighted by Gasteiger charge is -2.03. The highest BCUT2D eigenvalue weighted by Crippen LogP contribution is 2.30. The Morgan fingerprint density at radius 3 is 2.61 bits per heavy atom. The third-order valence-corrected chi connectivity index (χ3v) is 2.95. The summed E-state index contributed by atoms with van der Waals surface area (Å²) >= 11 is 11.4. The number of hydrogen-bond acceptors (Lipinski definition) is 3. The molecule has 0 saturated heterocycles. The van der Waals surface area contributed by atoms with Crippen LogP contribution in [0.1, 0.15) is 5.69 Å². The van der Waals surface area contributed by atoms with Gasteiger partial charge < -0.3 is 0 Å². The molecule has 8 heteroatoms. The average Bonchev–Trinajstić information content (AvgIpc) is 2.58. The quantitative estimate of drug-likeness (QED) is 0.627. The molecule has 2 rings (SSSR count). The van der Waals surface area contributed by atoms with Crippen molar-refractivity contribution in [3.8, 4) is 5.69 Å².